The molecule has 1 unspecified atom stereocenters. The first-order valence-electron chi connectivity index (χ1n) is 5.53. The Balaban J connectivity index is 4.35. The maximum absolute atomic E-state index is 11.5. The zero-order valence-electron chi connectivity index (χ0n) is 10.8. The lowest BCUT2D eigenvalue weighted by Crippen LogP contribution is -2.40. The average Bonchev–Trinajstić information content (AvgIpc) is 2.13. The molecule has 0 aromatic heterocycles. The van der Waals surface area contributed by atoms with E-state index in [-0.39, 0.29) is 12.6 Å². The van der Waals surface area contributed by atoms with Crippen LogP contribution in [0, 0.1) is 0 Å². The van der Waals surface area contributed by atoms with E-state index >= 15 is 0 Å². The largest absolute Gasteiger partial charge is 0.444 e. The molecule has 1 atom stereocenters. The third-order valence-electron chi connectivity index (χ3n) is 2.11. The summed E-state index contributed by atoms with van der Waals surface area (Å²) in [6.07, 6.45) is 1.96. The summed E-state index contributed by atoms with van der Waals surface area (Å²) < 4.78 is 5.15. The van der Waals surface area contributed by atoms with Gasteiger partial charge >= 0.3 is 6.09 Å². The second-order valence-corrected chi connectivity index (χ2v) is 4.74. The Morgan fingerprint density at radius 3 is 2.44 bits per heavy atom. The number of rotatable bonds is 4. The predicted octanol–water partition coefficient (Wildman–Crippen LogP) is 2.23. The fourth-order valence-electron chi connectivity index (χ4n) is 1.19. The summed E-state index contributed by atoms with van der Waals surface area (Å²) in [5.74, 6) is 0. The van der Waals surface area contributed by atoms with Crippen LogP contribution in [0.1, 0.15) is 41.0 Å². The van der Waals surface area contributed by atoms with Gasteiger partial charge in [-0.1, -0.05) is 11.6 Å². The van der Waals surface area contributed by atoms with Crippen LogP contribution >= 0.6 is 0 Å². The van der Waals surface area contributed by atoms with Gasteiger partial charge in [0.25, 0.3) is 0 Å². The van der Waals surface area contributed by atoms with Gasteiger partial charge in [-0.2, -0.15) is 0 Å². The minimum absolute atomic E-state index is 0.0334. The highest BCUT2D eigenvalue weighted by Crippen LogP contribution is 2.10. The van der Waals surface area contributed by atoms with Gasteiger partial charge in [0.15, 0.2) is 0 Å². The number of aliphatic hydroxyl groups excluding tert-OH is 1. The zero-order chi connectivity index (χ0) is 12.8. The molecule has 4 nitrogen and oxygen atoms in total. The van der Waals surface area contributed by atoms with Crippen LogP contribution < -0.4 is 5.32 Å². The highest BCUT2D eigenvalue weighted by Gasteiger charge is 2.19. The second-order valence-electron chi connectivity index (χ2n) is 4.74. The molecule has 0 saturated heterocycles. The number of hydrogen-bond donors (Lipinski definition) is 2. The van der Waals surface area contributed by atoms with E-state index in [9.17, 15) is 4.79 Å². The van der Waals surface area contributed by atoms with Crippen LogP contribution in [0.2, 0.25) is 0 Å². The van der Waals surface area contributed by atoms with Crippen LogP contribution in [-0.2, 0) is 4.74 Å². The molecule has 0 aliphatic carbocycles. The van der Waals surface area contributed by atoms with Gasteiger partial charge in [-0.3, -0.25) is 0 Å². The molecule has 1 amide bonds. The summed E-state index contributed by atoms with van der Waals surface area (Å²) >= 11 is 0. The van der Waals surface area contributed by atoms with E-state index in [2.05, 4.69) is 5.32 Å². The smallest absolute Gasteiger partial charge is 0.408 e. The van der Waals surface area contributed by atoms with Crippen molar-refractivity contribution in [1.29, 1.82) is 0 Å². The summed E-state index contributed by atoms with van der Waals surface area (Å²) in [6, 6.07) is -0.162. The number of carbonyl (C=O) groups excluding carboxylic acids is 1. The molecule has 4 heteroatoms. The molecule has 0 radical (unpaired) electrons. The standard InChI is InChI=1S/C12H23NO3/c1-6-9(2)10(7-8-14)13-11(15)16-12(3,4)5/h6,10,14H,7-8H2,1-5H3,(H,13,15). The molecule has 0 aliphatic heterocycles. The van der Waals surface area contributed by atoms with Gasteiger partial charge in [-0.15, -0.1) is 0 Å². The van der Waals surface area contributed by atoms with Crippen LogP contribution in [0.5, 0.6) is 0 Å². The first-order valence-corrected chi connectivity index (χ1v) is 5.53. The van der Waals surface area contributed by atoms with Gasteiger partial charge in [0, 0.05) is 6.61 Å². The Morgan fingerprint density at radius 1 is 1.50 bits per heavy atom. The van der Waals surface area contributed by atoms with E-state index < -0.39 is 11.7 Å². The SMILES string of the molecule is CC=C(C)C(CCO)NC(=O)OC(C)(C)C. The number of nitrogens with one attached hydrogen (secondary N) is 1. The molecule has 0 aliphatic rings. The Kier molecular flexibility index (Phi) is 6.11. The first-order chi connectivity index (χ1) is 7.30. The van der Waals surface area contributed by atoms with Crippen molar-refractivity contribution >= 4 is 6.09 Å². The number of ether oxygens (including phenoxy) is 1. The summed E-state index contributed by atoms with van der Waals surface area (Å²) in [6.45, 7) is 9.29. The van der Waals surface area contributed by atoms with Gasteiger partial charge in [-0.25, -0.2) is 4.79 Å². The Labute approximate surface area is 97.7 Å². The first kappa shape index (κ1) is 15.0. The van der Waals surface area contributed by atoms with Crippen LogP contribution in [-0.4, -0.2) is 29.4 Å². The summed E-state index contributed by atoms with van der Waals surface area (Å²) in [7, 11) is 0. The van der Waals surface area contributed by atoms with Gasteiger partial charge in [-0.05, 0) is 41.0 Å². The summed E-state index contributed by atoms with van der Waals surface area (Å²) in [5.41, 5.74) is 0.512. The highest BCUT2D eigenvalue weighted by atomic mass is 16.6. The van der Waals surface area contributed by atoms with E-state index in [1.807, 2.05) is 40.7 Å². The van der Waals surface area contributed by atoms with Crippen molar-refractivity contribution in [2.24, 2.45) is 0 Å². The summed E-state index contributed by atoms with van der Waals surface area (Å²) in [4.78, 5) is 11.5. The zero-order valence-corrected chi connectivity index (χ0v) is 10.8. The molecular weight excluding hydrogens is 206 g/mol. The topological polar surface area (TPSA) is 58.6 Å². The van der Waals surface area contributed by atoms with Crippen molar-refractivity contribution < 1.29 is 14.6 Å². The van der Waals surface area contributed by atoms with Crippen molar-refractivity contribution in [3.63, 3.8) is 0 Å². The average molecular weight is 229 g/mol. The van der Waals surface area contributed by atoms with Gasteiger partial charge in [0.1, 0.15) is 5.60 Å². The van der Waals surface area contributed by atoms with Crippen molar-refractivity contribution in [2.45, 2.75) is 52.7 Å². The monoisotopic (exact) mass is 229 g/mol. The van der Waals surface area contributed by atoms with Gasteiger partial charge in [0.2, 0.25) is 0 Å². The minimum atomic E-state index is -0.502. The molecule has 0 rings (SSSR count). The van der Waals surface area contributed by atoms with Crippen LogP contribution in [0.4, 0.5) is 4.79 Å². The molecule has 0 aromatic rings. The molecule has 16 heavy (non-hydrogen) atoms. The number of carbonyl (C=O) groups is 1. The summed E-state index contributed by atoms with van der Waals surface area (Å²) in [5, 5.41) is 11.6. The molecule has 94 valence electrons. The van der Waals surface area contributed by atoms with E-state index in [0.717, 1.165) is 5.57 Å². The lowest BCUT2D eigenvalue weighted by molar-refractivity contribution is 0.0506. The van der Waals surface area contributed by atoms with E-state index in [0.29, 0.717) is 6.42 Å². The number of amides is 1. The molecular formula is C12H23NO3. The Bertz CT molecular complexity index is 253. The molecule has 0 aromatic carbocycles. The number of hydrogen-bond acceptors (Lipinski definition) is 3. The van der Waals surface area contributed by atoms with Gasteiger partial charge < -0.3 is 15.2 Å². The molecule has 2 N–H and O–H groups in total. The lowest BCUT2D eigenvalue weighted by atomic mass is 10.1. The normalized spacial score (nSPS) is 14.5. The van der Waals surface area contributed by atoms with Crippen molar-refractivity contribution in [3.05, 3.63) is 11.6 Å². The predicted molar refractivity (Wildman–Crippen MR) is 64.3 cm³/mol. The molecule has 0 bridgehead atoms. The maximum atomic E-state index is 11.5. The Morgan fingerprint density at radius 2 is 2.06 bits per heavy atom. The van der Waals surface area contributed by atoms with Crippen molar-refractivity contribution in [2.75, 3.05) is 6.61 Å². The van der Waals surface area contributed by atoms with E-state index in [1.54, 1.807) is 0 Å². The second kappa shape index (κ2) is 6.53. The maximum Gasteiger partial charge on any atom is 0.408 e. The van der Waals surface area contributed by atoms with Crippen molar-refractivity contribution in [3.8, 4) is 0 Å². The van der Waals surface area contributed by atoms with E-state index in [1.165, 1.54) is 0 Å². The van der Waals surface area contributed by atoms with Crippen LogP contribution in [0.25, 0.3) is 0 Å². The fourth-order valence-corrected chi connectivity index (χ4v) is 1.19. The van der Waals surface area contributed by atoms with Gasteiger partial charge in [0.05, 0.1) is 6.04 Å². The van der Waals surface area contributed by atoms with Crippen LogP contribution in [0.15, 0.2) is 11.6 Å². The molecule has 0 saturated carbocycles. The third-order valence-corrected chi connectivity index (χ3v) is 2.11. The fraction of sp³-hybridized carbons (Fsp3) is 0.750. The lowest BCUT2D eigenvalue weighted by Gasteiger charge is -2.23. The van der Waals surface area contributed by atoms with Crippen LogP contribution in [0.3, 0.4) is 0 Å². The molecule has 0 spiro atoms. The molecule has 0 heterocycles. The number of aliphatic hydroxyl groups is 1. The van der Waals surface area contributed by atoms with Crippen molar-refractivity contribution in [1.82, 2.24) is 5.32 Å². The molecule has 0 fully saturated rings. The third kappa shape index (κ3) is 6.45. The number of alkyl carbamates (subject to hydrolysis) is 1. The number of allylic oxidation sites excluding steroid dienone is 1. The van der Waals surface area contributed by atoms with E-state index in [4.69, 9.17) is 9.84 Å². The minimum Gasteiger partial charge on any atom is -0.444 e. The quantitative estimate of drug-likeness (QED) is 0.727. The highest BCUT2D eigenvalue weighted by molar-refractivity contribution is 5.68. The Hall–Kier alpha value is -1.03.